The Balaban J connectivity index is 1.90. The lowest BCUT2D eigenvalue weighted by Crippen LogP contribution is -2.00. The van der Waals surface area contributed by atoms with Gasteiger partial charge in [-0.2, -0.15) is 0 Å². The van der Waals surface area contributed by atoms with Crippen LogP contribution in [0.15, 0.2) is 64.3 Å². The van der Waals surface area contributed by atoms with E-state index in [1.807, 2.05) is 16.2 Å². The first-order valence-electron chi connectivity index (χ1n) is 5.57. The minimum absolute atomic E-state index is 0.0616. The van der Waals surface area contributed by atoms with Gasteiger partial charge in [-0.3, -0.25) is 3.93 Å². The molecule has 0 saturated carbocycles. The third kappa shape index (κ3) is 2.35. The molecule has 1 atom stereocenters. The number of fused-ring (bicyclic) bond motifs is 1. The fourth-order valence-electron chi connectivity index (χ4n) is 1.98. The van der Waals surface area contributed by atoms with Gasteiger partial charge in [0, 0.05) is 28.6 Å². The van der Waals surface area contributed by atoms with Crippen LogP contribution in [0.25, 0.3) is 0 Å². The molecular weight excluding hydrogens is 330 g/mol. The minimum Gasteiger partial charge on any atom is -0.290 e. The van der Waals surface area contributed by atoms with E-state index >= 15 is 0 Å². The molecule has 0 radical (unpaired) electrons. The Morgan fingerprint density at radius 2 is 2.00 bits per heavy atom. The Morgan fingerprint density at radius 3 is 2.78 bits per heavy atom. The molecule has 0 aromatic heterocycles. The molecule has 92 valence electrons. The van der Waals surface area contributed by atoms with Crippen LogP contribution >= 0.6 is 38.2 Å². The molecule has 0 saturated heterocycles. The Morgan fingerprint density at radius 1 is 1.22 bits per heavy atom. The predicted molar refractivity (Wildman–Crippen MR) is 84.7 cm³/mol. The van der Waals surface area contributed by atoms with Crippen LogP contribution in [0.3, 0.4) is 0 Å². The SMILES string of the molecule is ClC1=C2C=CN(Br)C=C2S(Cc2ccccc2)=C1. The molecular formula is C14H11BrClNS. The monoisotopic (exact) mass is 339 g/mol. The molecule has 0 bridgehead atoms. The van der Waals surface area contributed by atoms with Gasteiger partial charge in [-0.25, -0.2) is 0 Å². The molecule has 0 N–H and O–H groups in total. The van der Waals surface area contributed by atoms with Gasteiger partial charge in [-0.15, -0.1) is 10.5 Å². The number of rotatable bonds is 2. The van der Waals surface area contributed by atoms with Gasteiger partial charge in [0.2, 0.25) is 0 Å². The van der Waals surface area contributed by atoms with Gasteiger partial charge in [-0.05, 0) is 17.0 Å². The van der Waals surface area contributed by atoms with E-state index in [2.05, 4.69) is 58.1 Å². The molecule has 18 heavy (non-hydrogen) atoms. The molecule has 4 heteroatoms. The van der Waals surface area contributed by atoms with Gasteiger partial charge in [0.05, 0.1) is 21.2 Å². The number of halogens is 2. The molecule has 3 rings (SSSR count). The highest BCUT2D eigenvalue weighted by atomic mass is 79.9. The Kier molecular flexibility index (Phi) is 3.46. The van der Waals surface area contributed by atoms with Gasteiger partial charge in [0.15, 0.2) is 0 Å². The first kappa shape index (κ1) is 12.3. The Bertz CT molecular complexity index is 601. The fourth-order valence-corrected chi connectivity index (χ4v) is 4.99. The zero-order chi connectivity index (χ0) is 12.5. The quantitative estimate of drug-likeness (QED) is 0.555. The van der Waals surface area contributed by atoms with Gasteiger partial charge >= 0.3 is 0 Å². The molecule has 0 amide bonds. The molecule has 2 aliphatic heterocycles. The lowest BCUT2D eigenvalue weighted by atomic mass is 10.2. The summed E-state index contributed by atoms with van der Waals surface area (Å²) in [5, 5.41) is 3.05. The lowest BCUT2D eigenvalue weighted by molar-refractivity contribution is 0.868. The van der Waals surface area contributed by atoms with Crippen molar-refractivity contribution in [1.29, 1.82) is 0 Å². The van der Waals surface area contributed by atoms with Crippen molar-refractivity contribution in [3.05, 3.63) is 69.9 Å². The highest BCUT2D eigenvalue weighted by Crippen LogP contribution is 2.44. The smallest absolute Gasteiger partial charge is 0.0549 e. The zero-order valence-corrected chi connectivity index (χ0v) is 12.7. The normalized spacial score (nSPS) is 21.8. The third-order valence-corrected chi connectivity index (χ3v) is 5.78. The average Bonchev–Trinajstić information content (AvgIpc) is 2.67. The van der Waals surface area contributed by atoms with Crippen LogP contribution in [-0.4, -0.2) is 9.29 Å². The van der Waals surface area contributed by atoms with Gasteiger partial charge in [0.25, 0.3) is 0 Å². The topological polar surface area (TPSA) is 3.24 Å². The van der Waals surface area contributed by atoms with E-state index in [1.54, 1.807) is 0 Å². The lowest BCUT2D eigenvalue weighted by Gasteiger charge is -2.17. The van der Waals surface area contributed by atoms with Crippen molar-refractivity contribution in [3.8, 4) is 0 Å². The van der Waals surface area contributed by atoms with Gasteiger partial charge < -0.3 is 0 Å². The van der Waals surface area contributed by atoms with Crippen LogP contribution in [0.2, 0.25) is 0 Å². The van der Waals surface area contributed by atoms with Crippen LogP contribution in [-0.2, 0) is 5.75 Å². The summed E-state index contributed by atoms with van der Waals surface area (Å²) < 4.78 is 1.90. The van der Waals surface area contributed by atoms with Crippen molar-refractivity contribution < 1.29 is 0 Å². The summed E-state index contributed by atoms with van der Waals surface area (Å²) in [4.78, 5) is 1.31. The second-order valence-electron chi connectivity index (χ2n) is 4.09. The van der Waals surface area contributed by atoms with Crippen LogP contribution < -0.4 is 0 Å². The number of hydrogen-bond donors (Lipinski definition) is 0. The van der Waals surface area contributed by atoms with Crippen molar-refractivity contribution in [2.24, 2.45) is 0 Å². The minimum atomic E-state index is 0.0616. The van der Waals surface area contributed by atoms with Gasteiger partial charge in [0.1, 0.15) is 0 Å². The molecule has 1 nitrogen and oxygen atoms in total. The summed E-state index contributed by atoms with van der Waals surface area (Å²) in [7, 11) is 0.0616. The summed E-state index contributed by atoms with van der Waals surface area (Å²) in [6.07, 6.45) is 6.12. The summed E-state index contributed by atoms with van der Waals surface area (Å²) in [6, 6.07) is 10.5. The summed E-state index contributed by atoms with van der Waals surface area (Å²) in [5.74, 6) is 1.01. The Hall–Kier alpha value is -0.770. The first-order valence-corrected chi connectivity index (χ1v) is 8.11. The van der Waals surface area contributed by atoms with E-state index in [0.29, 0.717) is 0 Å². The van der Waals surface area contributed by atoms with Crippen LogP contribution in [0.4, 0.5) is 0 Å². The van der Waals surface area contributed by atoms with E-state index < -0.39 is 0 Å². The number of hydrogen-bond acceptors (Lipinski definition) is 1. The average molecular weight is 341 g/mol. The number of nitrogens with zero attached hydrogens (tertiary/aromatic N) is 1. The molecule has 2 aliphatic rings. The number of benzene rings is 1. The van der Waals surface area contributed by atoms with E-state index in [1.165, 1.54) is 10.5 Å². The summed E-state index contributed by atoms with van der Waals surface area (Å²) in [6.45, 7) is 0. The van der Waals surface area contributed by atoms with Crippen molar-refractivity contribution in [1.82, 2.24) is 3.93 Å². The fraction of sp³-hybridized carbons (Fsp3) is 0.0714. The van der Waals surface area contributed by atoms with E-state index in [0.717, 1.165) is 16.4 Å². The second kappa shape index (κ2) is 5.08. The number of allylic oxidation sites excluding steroid dienone is 3. The highest BCUT2D eigenvalue weighted by Gasteiger charge is 2.21. The Labute approximate surface area is 123 Å². The zero-order valence-electron chi connectivity index (χ0n) is 9.51. The van der Waals surface area contributed by atoms with Crippen molar-refractivity contribution in [2.75, 3.05) is 0 Å². The molecule has 0 spiro atoms. The molecule has 1 unspecified atom stereocenters. The van der Waals surface area contributed by atoms with Gasteiger partial charge in [-0.1, -0.05) is 41.9 Å². The largest absolute Gasteiger partial charge is 0.290 e. The predicted octanol–water partition coefficient (Wildman–Crippen LogP) is 4.74. The summed E-state index contributed by atoms with van der Waals surface area (Å²) >= 11 is 9.75. The standard InChI is InChI=1S/C14H11BrClNS/c15-17-7-6-12-13(16)10-18(14(12)8-17)9-11-4-2-1-3-5-11/h1-8,10H,9H2. The molecule has 0 fully saturated rings. The molecule has 2 heterocycles. The highest BCUT2D eigenvalue weighted by molar-refractivity contribution is 9.07. The summed E-state index contributed by atoms with van der Waals surface area (Å²) in [5.41, 5.74) is 2.51. The van der Waals surface area contributed by atoms with Crippen molar-refractivity contribution in [3.63, 3.8) is 0 Å². The second-order valence-corrected chi connectivity index (χ2v) is 7.14. The molecule has 1 aromatic rings. The molecule has 1 aromatic carbocycles. The van der Waals surface area contributed by atoms with Crippen LogP contribution in [0.5, 0.6) is 0 Å². The van der Waals surface area contributed by atoms with Crippen molar-refractivity contribution >= 4 is 43.6 Å². The molecule has 0 aliphatic carbocycles. The maximum absolute atomic E-state index is 6.30. The van der Waals surface area contributed by atoms with Crippen LogP contribution in [0.1, 0.15) is 5.56 Å². The van der Waals surface area contributed by atoms with E-state index in [9.17, 15) is 0 Å². The van der Waals surface area contributed by atoms with Crippen molar-refractivity contribution in [2.45, 2.75) is 5.75 Å². The maximum Gasteiger partial charge on any atom is 0.0549 e. The van der Waals surface area contributed by atoms with E-state index in [-0.39, 0.29) is 10.5 Å². The first-order chi connectivity index (χ1) is 8.74. The maximum atomic E-state index is 6.30. The van der Waals surface area contributed by atoms with E-state index in [4.69, 9.17) is 11.6 Å². The third-order valence-electron chi connectivity index (χ3n) is 2.84. The van der Waals surface area contributed by atoms with Crippen LogP contribution in [0, 0.1) is 0 Å².